The van der Waals surface area contributed by atoms with Gasteiger partial charge in [-0.25, -0.2) is 0 Å². The Morgan fingerprint density at radius 3 is 1.69 bits per heavy atom. The van der Waals surface area contributed by atoms with Crippen LogP contribution in [0.15, 0.2) is 0 Å². The molecule has 0 rings (SSSR count). The standard InChI is InChI=1S/C14H29OP/c1-4-5-6-7-8-9-10-11-12-13-14(2,3)16-15/h4-13H2,1-3H3. The molecular formula is C14H29OP. The van der Waals surface area contributed by atoms with Gasteiger partial charge in [0.2, 0.25) is 0 Å². The van der Waals surface area contributed by atoms with E-state index in [1.807, 2.05) is 0 Å². The summed E-state index contributed by atoms with van der Waals surface area (Å²) in [7, 11) is 0.300. The molecule has 0 aliphatic carbocycles. The predicted octanol–water partition coefficient (Wildman–Crippen LogP) is 5.98. The molecule has 16 heavy (non-hydrogen) atoms. The van der Waals surface area contributed by atoms with Gasteiger partial charge >= 0.3 is 0 Å². The van der Waals surface area contributed by atoms with E-state index in [2.05, 4.69) is 20.8 Å². The molecule has 0 saturated heterocycles. The lowest BCUT2D eigenvalue weighted by molar-refractivity contribution is 0.510. The summed E-state index contributed by atoms with van der Waals surface area (Å²) in [5.74, 6) is 0. The lowest BCUT2D eigenvalue weighted by Gasteiger charge is -2.14. The Morgan fingerprint density at radius 2 is 1.25 bits per heavy atom. The van der Waals surface area contributed by atoms with E-state index in [9.17, 15) is 4.57 Å². The second-order valence-electron chi connectivity index (χ2n) is 5.48. The Labute approximate surface area is 104 Å². The van der Waals surface area contributed by atoms with Gasteiger partial charge in [-0.1, -0.05) is 64.7 Å². The van der Waals surface area contributed by atoms with Crippen molar-refractivity contribution in [2.24, 2.45) is 0 Å². The molecular weight excluding hydrogens is 215 g/mol. The average Bonchev–Trinajstić information content (AvgIpc) is 2.27. The monoisotopic (exact) mass is 244 g/mol. The summed E-state index contributed by atoms with van der Waals surface area (Å²) < 4.78 is 10.8. The molecule has 0 aliphatic rings. The molecule has 0 unspecified atom stereocenters. The number of hydrogen-bond acceptors (Lipinski definition) is 1. The van der Waals surface area contributed by atoms with Crippen LogP contribution in [-0.2, 0) is 4.57 Å². The van der Waals surface area contributed by atoms with E-state index in [1.54, 1.807) is 0 Å². The Hall–Kier alpha value is 0.100. The van der Waals surface area contributed by atoms with Crippen molar-refractivity contribution >= 4 is 8.46 Å². The minimum atomic E-state index is 0.00112. The van der Waals surface area contributed by atoms with Gasteiger partial charge in [-0.2, -0.15) is 0 Å². The maximum Gasteiger partial charge on any atom is 0.161 e. The summed E-state index contributed by atoms with van der Waals surface area (Å²) >= 11 is 0. The molecule has 0 heterocycles. The molecule has 1 nitrogen and oxygen atoms in total. The molecule has 0 aromatic rings. The predicted molar refractivity (Wildman–Crippen MR) is 73.5 cm³/mol. The number of hydrogen-bond donors (Lipinski definition) is 0. The van der Waals surface area contributed by atoms with Gasteiger partial charge in [0.25, 0.3) is 0 Å². The smallest absolute Gasteiger partial charge is 0.161 e. The van der Waals surface area contributed by atoms with E-state index < -0.39 is 0 Å². The van der Waals surface area contributed by atoms with Crippen molar-refractivity contribution in [2.75, 3.05) is 0 Å². The number of unbranched alkanes of at least 4 members (excludes halogenated alkanes) is 8. The second-order valence-corrected chi connectivity index (χ2v) is 6.88. The molecule has 0 bridgehead atoms. The summed E-state index contributed by atoms with van der Waals surface area (Å²) in [5.41, 5.74) is 0. The average molecular weight is 244 g/mol. The van der Waals surface area contributed by atoms with Crippen molar-refractivity contribution < 1.29 is 4.57 Å². The van der Waals surface area contributed by atoms with Crippen molar-refractivity contribution in [3.05, 3.63) is 0 Å². The van der Waals surface area contributed by atoms with Gasteiger partial charge in [0.1, 0.15) is 0 Å². The highest BCUT2D eigenvalue weighted by molar-refractivity contribution is 7.25. The molecule has 0 fully saturated rings. The lowest BCUT2D eigenvalue weighted by Crippen LogP contribution is -2.09. The Morgan fingerprint density at radius 1 is 0.812 bits per heavy atom. The fourth-order valence-corrected chi connectivity index (χ4v) is 2.16. The van der Waals surface area contributed by atoms with Crippen molar-refractivity contribution in [1.82, 2.24) is 0 Å². The zero-order valence-corrected chi connectivity index (χ0v) is 12.3. The first-order valence-electron chi connectivity index (χ1n) is 6.97. The lowest BCUT2D eigenvalue weighted by atomic mass is 10.0. The maximum absolute atomic E-state index is 10.8. The van der Waals surface area contributed by atoms with Gasteiger partial charge in [0, 0.05) is 5.16 Å². The molecule has 0 amide bonds. The van der Waals surface area contributed by atoms with Gasteiger partial charge in [-0.15, -0.1) is 0 Å². The van der Waals surface area contributed by atoms with Crippen LogP contribution in [0.4, 0.5) is 0 Å². The minimum absolute atomic E-state index is 0.00112. The second kappa shape index (κ2) is 10.3. The largest absolute Gasteiger partial charge is 0.274 e. The summed E-state index contributed by atoms with van der Waals surface area (Å²) in [5, 5.41) is 0.00112. The van der Waals surface area contributed by atoms with E-state index in [1.165, 1.54) is 57.8 Å². The zero-order valence-electron chi connectivity index (χ0n) is 11.4. The van der Waals surface area contributed by atoms with Crippen LogP contribution in [0.2, 0.25) is 0 Å². The summed E-state index contributed by atoms with van der Waals surface area (Å²) in [4.78, 5) is 0. The van der Waals surface area contributed by atoms with E-state index in [-0.39, 0.29) is 5.16 Å². The molecule has 0 aromatic carbocycles. The van der Waals surface area contributed by atoms with Crippen LogP contribution < -0.4 is 0 Å². The van der Waals surface area contributed by atoms with Gasteiger partial charge in [0.05, 0.1) is 0 Å². The Bertz CT molecular complexity index is 166. The quantitative estimate of drug-likeness (QED) is 0.323. The van der Waals surface area contributed by atoms with Gasteiger partial charge < -0.3 is 0 Å². The van der Waals surface area contributed by atoms with Crippen LogP contribution in [0.25, 0.3) is 0 Å². The first-order valence-corrected chi connectivity index (χ1v) is 7.78. The highest BCUT2D eigenvalue weighted by atomic mass is 31.1. The van der Waals surface area contributed by atoms with Crippen molar-refractivity contribution in [2.45, 2.75) is 90.1 Å². The maximum atomic E-state index is 10.8. The first-order chi connectivity index (χ1) is 7.62. The van der Waals surface area contributed by atoms with E-state index in [0.717, 1.165) is 6.42 Å². The Kier molecular flexibility index (Phi) is 10.3. The van der Waals surface area contributed by atoms with Crippen molar-refractivity contribution in [3.8, 4) is 0 Å². The van der Waals surface area contributed by atoms with E-state index in [4.69, 9.17) is 0 Å². The van der Waals surface area contributed by atoms with E-state index in [0.29, 0.717) is 8.46 Å². The third-order valence-corrected chi connectivity index (χ3v) is 3.86. The van der Waals surface area contributed by atoms with Crippen LogP contribution >= 0.6 is 8.46 Å². The highest BCUT2D eigenvalue weighted by Crippen LogP contribution is 2.28. The SMILES string of the molecule is CCCCCCCCCCCC(C)(C)P=O. The molecule has 0 aromatic heterocycles. The topological polar surface area (TPSA) is 17.1 Å². The third-order valence-electron chi connectivity index (χ3n) is 3.14. The van der Waals surface area contributed by atoms with Crippen LogP contribution in [0.3, 0.4) is 0 Å². The summed E-state index contributed by atoms with van der Waals surface area (Å²) in [6, 6.07) is 0. The third kappa shape index (κ3) is 10.6. The Balaban J connectivity index is 3.13. The number of rotatable bonds is 11. The highest BCUT2D eigenvalue weighted by Gasteiger charge is 2.16. The summed E-state index contributed by atoms with van der Waals surface area (Å²) in [6.45, 7) is 6.41. The molecule has 2 heteroatoms. The van der Waals surface area contributed by atoms with Gasteiger partial charge in [0.15, 0.2) is 8.46 Å². The van der Waals surface area contributed by atoms with E-state index >= 15 is 0 Å². The molecule has 0 saturated carbocycles. The van der Waals surface area contributed by atoms with Gasteiger partial charge in [-0.05, 0) is 20.3 Å². The first kappa shape index (κ1) is 16.1. The minimum Gasteiger partial charge on any atom is -0.274 e. The van der Waals surface area contributed by atoms with Crippen LogP contribution in [0.5, 0.6) is 0 Å². The molecule has 96 valence electrons. The molecule has 0 spiro atoms. The molecule has 0 radical (unpaired) electrons. The van der Waals surface area contributed by atoms with Gasteiger partial charge in [-0.3, -0.25) is 4.57 Å². The zero-order chi connectivity index (χ0) is 12.3. The van der Waals surface area contributed by atoms with Crippen LogP contribution in [0, 0.1) is 0 Å². The molecule has 0 atom stereocenters. The van der Waals surface area contributed by atoms with Crippen LogP contribution in [-0.4, -0.2) is 5.16 Å². The summed E-state index contributed by atoms with van der Waals surface area (Å²) in [6.07, 6.45) is 13.4. The molecule has 0 N–H and O–H groups in total. The van der Waals surface area contributed by atoms with Crippen molar-refractivity contribution in [1.29, 1.82) is 0 Å². The normalized spacial score (nSPS) is 12.2. The fourth-order valence-electron chi connectivity index (χ4n) is 1.91. The fraction of sp³-hybridized carbons (Fsp3) is 1.00. The molecule has 0 aliphatic heterocycles. The van der Waals surface area contributed by atoms with Crippen LogP contribution in [0.1, 0.15) is 85.0 Å². The van der Waals surface area contributed by atoms with Crippen molar-refractivity contribution in [3.63, 3.8) is 0 Å².